The van der Waals surface area contributed by atoms with Crippen molar-refractivity contribution >= 4 is 17.0 Å². The number of rotatable bonds is 1. The van der Waals surface area contributed by atoms with Crippen LogP contribution in [0, 0.1) is 0 Å². The Hall–Kier alpha value is -2.41. The van der Waals surface area contributed by atoms with Crippen molar-refractivity contribution < 1.29 is 0 Å². The van der Waals surface area contributed by atoms with Crippen LogP contribution in [0.2, 0.25) is 0 Å². The van der Waals surface area contributed by atoms with E-state index in [9.17, 15) is 0 Å². The highest BCUT2D eigenvalue weighted by Gasteiger charge is 2.24. The molecule has 1 aliphatic heterocycles. The van der Waals surface area contributed by atoms with E-state index in [0.717, 1.165) is 12.1 Å². The van der Waals surface area contributed by atoms with Gasteiger partial charge in [-0.3, -0.25) is 4.99 Å². The molecule has 0 N–H and O–H groups in total. The second kappa shape index (κ2) is 4.06. The van der Waals surface area contributed by atoms with Gasteiger partial charge in [0.15, 0.2) is 0 Å². The molecule has 0 unspecified atom stereocenters. The summed E-state index contributed by atoms with van der Waals surface area (Å²) in [5.74, 6) is 0. The number of benzene rings is 2. The van der Waals surface area contributed by atoms with E-state index < -0.39 is 0 Å². The molecule has 0 atom stereocenters. The maximum absolute atomic E-state index is 4.76. The summed E-state index contributed by atoms with van der Waals surface area (Å²) in [5, 5.41) is 0. The normalized spacial score (nSPS) is 16.1. The molecule has 90 valence electrons. The van der Waals surface area contributed by atoms with Crippen molar-refractivity contribution in [3.8, 4) is 0 Å². The summed E-state index contributed by atoms with van der Waals surface area (Å²) in [6.07, 6.45) is 5.47. The number of nitrogens with zero attached hydrogens (tertiary/aromatic N) is 1. The maximum atomic E-state index is 4.76. The minimum absolute atomic E-state index is 1.03. The molecule has 0 saturated heterocycles. The monoisotopic (exact) mass is 243 g/mol. The SMILES string of the molecule is C1=C2CC2=Nc2ccccc2C(c2ccccc2)=C1. The second-order valence-corrected chi connectivity index (χ2v) is 4.89. The summed E-state index contributed by atoms with van der Waals surface area (Å²) in [6, 6.07) is 18.9. The van der Waals surface area contributed by atoms with Crippen LogP contribution in [0.25, 0.3) is 5.57 Å². The predicted octanol–water partition coefficient (Wildman–Crippen LogP) is 4.53. The largest absolute Gasteiger partial charge is 0.252 e. The van der Waals surface area contributed by atoms with E-state index in [1.54, 1.807) is 0 Å². The van der Waals surface area contributed by atoms with E-state index in [-0.39, 0.29) is 0 Å². The maximum Gasteiger partial charge on any atom is 0.0711 e. The minimum atomic E-state index is 1.03. The van der Waals surface area contributed by atoms with Crippen molar-refractivity contribution in [1.82, 2.24) is 0 Å². The molecule has 0 spiro atoms. The minimum Gasteiger partial charge on any atom is -0.252 e. The topological polar surface area (TPSA) is 12.4 Å². The number of hydrogen-bond acceptors (Lipinski definition) is 1. The molecular formula is C18H13N. The standard InChI is InChI=1S/C18H13N/c1-2-6-13(7-3-1)15-11-10-14-12-18(14)19-17-9-5-4-8-16(15)17/h1-11H,12H2. The van der Waals surface area contributed by atoms with Gasteiger partial charge in [-0.25, -0.2) is 0 Å². The van der Waals surface area contributed by atoms with Crippen LogP contribution >= 0.6 is 0 Å². The van der Waals surface area contributed by atoms with Crippen molar-refractivity contribution in [2.45, 2.75) is 6.42 Å². The molecule has 2 aromatic rings. The summed E-state index contributed by atoms with van der Waals surface area (Å²) < 4.78 is 0. The van der Waals surface area contributed by atoms with E-state index >= 15 is 0 Å². The molecule has 2 aromatic carbocycles. The molecule has 1 nitrogen and oxygen atoms in total. The Morgan fingerprint density at radius 2 is 1.58 bits per heavy atom. The second-order valence-electron chi connectivity index (χ2n) is 4.89. The zero-order chi connectivity index (χ0) is 12.7. The summed E-state index contributed by atoms with van der Waals surface area (Å²) in [5.41, 5.74) is 7.38. The Bertz CT molecular complexity index is 733. The predicted molar refractivity (Wildman–Crippen MR) is 79.8 cm³/mol. The molecule has 0 aromatic heterocycles. The Kier molecular flexibility index (Phi) is 2.25. The van der Waals surface area contributed by atoms with Gasteiger partial charge in [-0.2, -0.15) is 0 Å². The van der Waals surface area contributed by atoms with E-state index in [2.05, 4.69) is 66.7 Å². The Morgan fingerprint density at radius 1 is 0.789 bits per heavy atom. The molecular weight excluding hydrogens is 230 g/mol. The van der Waals surface area contributed by atoms with Gasteiger partial charge in [0.1, 0.15) is 0 Å². The van der Waals surface area contributed by atoms with Gasteiger partial charge in [-0.05, 0) is 22.8 Å². The van der Waals surface area contributed by atoms with Gasteiger partial charge in [-0.1, -0.05) is 60.7 Å². The number of allylic oxidation sites excluding steroid dienone is 3. The third-order valence-electron chi connectivity index (χ3n) is 3.59. The van der Waals surface area contributed by atoms with Crippen molar-refractivity contribution in [2.75, 3.05) is 0 Å². The highest BCUT2D eigenvalue weighted by Crippen LogP contribution is 2.37. The Morgan fingerprint density at radius 3 is 2.47 bits per heavy atom. The van der Waals surface area contributed by atoms with Crippen molar-refractivity contribution in [2.24, 2.45) is 4.99 Å². The molecule has 1 heteroatoms. The van der Waals surface area contributed by atoms with E-state index in [0.29, 0.717) is 0 Å². The van der Waals surface area contributed by atoms with Crippen LogP contribution in [0.1, 0.15) is 17.5 Å². The fraction of sp³-hybridized carbons (Fsp3) is 0.0556. The summed E-state index contributed by atoms with van der Waals surface area (Å²) >= 11 is 0. The Labute approximate surface area is 112 Å². The number of para-hydroxylation sites is 1. The molecule has 1 saturated carbocycles. The molecule has 1 aliphatic carbocycles. The third kappa shape index (κ3) is 1.84. The lowest BCUT2D eigenvalue weighted by molar-refractivity contribution is 1.47. The first-order chi connectivity index (χ1) is 9.42. The van der Waals surface area contributed by atoms with Gasteiger partial charge in [0.2, 0.25) is 0 Å². The lowest BCUT2D eigenvalue weighted by atomic mass is 9.95. The molecule has 1 heterocycles. The fourth-order valence-electron chi connectivity index (χ4n) is 2.49. The summed E-state index contributed by atoms with van der Waals surface area (Å²) in [6.45, 7) is 0. The lowest BCUT2D eigenvalue weighted by Gasteiger charge is -2.11. The quantitative estimate of drug-likeness (QED) is 0.697. The van der Waals surface area contributed by atoms with E-state index in [1.807, 2.05) is 0 Å². The van der Waals surface area contributed by atoms with Crippen LogP contribution in [0.15, 0.2) is 77.3 Å². The molecule has 19 heavy (non-hydrogen) atoms. The van der Waals surface area contributed by atoms with Gasteiger partial charge in [-0.15, -0.1) is 0 Å². The van der Waals surface area contributed by atoms with Crippen LogP contribution in [0.4, 0.5) is 5.69 Å². The van der Waals surface area contributed by atoms with Gasteiger partial charge in [0.05, 0.1) is 5.69 Å². The van der Waals surface area contributed by atoms with Crippen LogP contribution in [-0.4, -0.2) is 5.71 Å². The van der Waals surface area contributed by atoms with Crippen molar-refractivity contribution in [3.05, 3.63) is 83.4 Å². The smallest absolute Gasteiger partial charge is 0.0711 e. The van der Waals surface area contributed by atoms with Crippen LogP contribution in [-0.2, 0) is 0 Å². The highest BCUT2D eigenvalue weighted by atomic mass is 14.8. The zero-order valence-electron chi connectivity index (χ0n) is 10.5. The summed E-state index contributed by atoms with van der Waals surface area (Å²) in [7, 11) is 0. The number of fused-ring (bicyclic) bond motifs is 2. The van der Waals surface area contributed by atoms with E-state index in [4.69, 9.17) is 4.99 Å². The van der Waals surface area contributed by atoms with Crippen molar-refractivity contribution in [3.63, 3.8) is 0 Å². The molecule has 4 rings (SSSR count). The third-order valence-corrected chi connectivity index (χ3v) is 3.59. The highest BCUT2D eigenvalue weighted by molar-refractivity contribution is 6.19. The molecule has 0 bridgehead atoms. The first kappa shape index (κ1) is 10.5. The van der Waals surface area contributed by atoms with Crippen LogP contribution in [0.3, 0.4) is 0 Å². The average Bonchev–Trinajstić information content (AvgIpc) is 3.17. The number of aliphatic imine (C=N–C) groups is 1. The van der Waals surface area contributed by atoms with Gasteiger partial charge in [0, 0.05) is 17.7 Å². The average molecular weight is 243 g/mol. The van der Waals surface area contributed by atoms with Crippen LogP contribution in [0.5, 0.6) is 0 Å². The first-order valence-electron chi connectivity index (χ1n) is 6.55. The van der Waals surface area contributed by atoms with Crippen molar-refractivity contribution in [1.29, 1.82) is 0 Å². The van der Waals surface area contributed by atoms with Crippen LogP contribution < -0.4 is 0 Å². The molecule has 2 aliphatic rings. The van der Waals surface area contributed by atoms with E-state index in [1.165, 1.54) is 28.0 Å². The van der Waals surface area contributed by atoms with Gasteiger partial charge >= 0.3 is 0 Å². The summed E-state index contributed by atoms with van der Waals surface area (Å²) in [4.78, 5) is 4.76. The Balaban J connectivity index is 1.96. The zero-order valence-corrected chi connectivity index (χ0v) is 10.5. The molecule has 0 amide bonds. The van der Waals surface area contributed by atoms with Gasteiger partial charge < -0.3 is 0 Å². The molecule has 0 radical (unpaired) electrons. The number of hydrogen-bond donors (Lipinski definition) is 0. The lowest BCUT2D eigenvalue weighted by Crippen LogP contribution is -1.90. The fourth-order valence-corrected chi connectivity index (χ4v) is 2.49. The van der Waals surface area contributed by atoms with Gasteiger partial charge in [0.25, 0.3) is 0 Å². The molecule has 1 fully saturated rings. The first-order valence-corrected chi connectivity index (χ1v) is 6.55.